The van der Waals surface area contributed by atoms with Gasteiger partial charge in [-0.3, -0.25) is 0 Å². The van der Waals surface area contributed by atoms with Gasteiger partial charge in [0.15, 0.2) is 0 Å². The van der Waals surface area contributed by atoms with E-state index >= 15 is 0 Å². The number of carbonyl (C=O) groups excluding carboxylic acids is 1. The number of benzene rings is 1. The van der Waals surface area contributed by atoms with Crippen LogP contribution in [0.15, 0.2) is 24.3 Å². The molecular weight excluding hydrogens is 252 g/mol. The van der Waals surface area contributed by atoms with Crippen LogP contribution in [0.25, 0.3) is 0 Å². The van der Waals surface area contributed by atoms with Gasteiger partial charge in [0.05, 0.1) is 6.61 Å². The normalized spacial score (nSPS) is 11.0. The summed E-state index contributed by atoms with van der Waals surface area (Å²) >= 11 is 0. The minimum absolute atomic E-state index is 0.104. The highest BCUT2D eigenvalue weighted by Gasteiger charge is 2.11. The highest BCUT2D eigenvalue weighted by Crippen LogP contribution is 2.12. The van der Waals surface area contributed by atoms with Gasteiger partial charge in [-0.25, -0.2) is 4.79 Å². The van der Waals surface area contributed by atoms with Crippen LogP contribution in [0.2, 0.25) is 0 Å². The van der Waals surface area contributed by atoms with Gasteiger partial charge in [-0.1, -0.05) is 32.9 Å². The Labute approximate surface area is 121 Å². The summed E-state index contributed by atoms with van der Waals surface area (Å²) in [4.78, 5) is 11.6. The molecule has 0 aliphatic heterocycles. The Hall–Kier alpha value is -1.71. The van der Waals surface area contributed by atoms with E-state index in [4.69, 9.17) is 4.74 Å². The Bertz CT molecular complexity index is 407. The van der Waals surface area contributed by atoms with E-state index in [0.717, 1.165) is 12.2 Å². The van der Waals surface area contributed by atoms with Gasteiger partial charge >= 0.3 is 6.03 Å². The molecule has 0 fully saturated rings. The average molecular weight is 278 g/mol. The van der Waals surface area contributed by atoms with Crippen molar-refractivity contribution in [2.45, 2.75) is 34.1 Å². The molecular formula is C16H26N2O2. The average Bonchev–Trinajstić information content (AvgIpc) is 2.38. The smallest absolute Gasteiger partial charge is 0.314 e. The predicted molar refractivity (Wildman–Crippen MR) is 82.2 cm³/mol. The van der Waals surface area contributed by atoms with E-state index in [1.54, 1.807) is 0 Å². The molecule has 4 nitrogen and oxygen atoms in total. The Kier molecular flexibility index (Phi) is 6.36. The number of hydrogen-bond acceptors (Lipinski definition) is 2. The second kappa shape index (κ2) is 7.78. The number of hydrogen-bond donors (Lipinski definition) is 2. The van der Waals surface area contributed by atoms with Crippen LogP contribution in [-0.2, 0) is 6.42 Å². The Morgan fingerprint density at radius 1 is 1.15 bits per heavy atom. The molecule has 0 spiro atoms. The van der Waals surface area contributed by atoms with E-state index in [1.807, 2.05) is 31.2 Å². The minimum atomic E-state index is -0.106. The number of amides is 2. The number of rotatable bonds is 6. The standard InChI is InChI=1S/C16H26N2O2/c1-5-20-14-8-6-13(7-9-14)10-11-17-15(19)18-12-16(2,3)4/h6-9H,5,10-12H2,1-4H3,(H2,17,18,19). The zero-order valence-corrected chi connectivity index (χ0v) is 13.0. The van der Waals surface area contributed by atoms with Gasteiger partial charge in [-0.2, -0.15) is 0 Å². The van der Waals surface area contributed by atoms with Crippen molar-refractivity contribution in [1.29, 1.82) is 0 Å². The number of ether oxygens (including phenoxy) is 1. The highest BCUT2D eigenvalue weighted by molar-refractivity contribution is 5.73. The molecule has 0 aliphatic carbocycles. The molecule has 1 rings (SSSR count). The fourth-order valence-electron chi connectivity index (χ4n) is 1.65. The van der Waals surface area contributed by atoms with Gasteiger partial charge in [0.1, 0.15) is 5.75 Å². The Morgan fingerprint density at radius 2 is 1.80 bits per heavy atom. The molecule has 0 heterocycles. The van der Waals surface area contributed by atoms with Gasteiger partial charge in [-0.15, -0.1) is 0 Å². The van der Waals surface area contributed by atoms with Gasteiger partial charge in [0.25, 0.3) is 0 Å². The van der Waals surface area contributed by atoms with Crippen LogP contribution in [0.3, 0.4) is 0 Å². The molecule has 2 N–H and O–H groups in total. The molecule has 112 valence electrons. The van der Waals surface area contributed by atoms with Crippen molar-refractivity contribution in [3.05, 3.63) is 29.8 Å². The lowest BCUT2D eigenvalue weighted by atomic mass is 9.97. The Balaban J connectivity index is 2.25. The monoisotopic (exact) mass is 278 g/mol. The van der Waals surface area contributed by atoms with Crippen LogP contribution in [0.4, 0.5) is 4.79 Å². The molecule has 0 aromatic heterocycles. The molecule has 0 saturated heterocycles. The first-order valence-electron chi connectivity index (χ1n) is 7.14. The fourth-order valence-corrected chi connectivity index (χ4v) is 1.65. The number of nitrogens with one attached hydrogen (secondary N) is 2. The van der Waals surface area contributed by atoms with Crippen molar-refractivity contribution >= 4 is 6.03 Å². The molecule has 20 heavy (non-hydrogen) atoms. The van der Waals surface area contributed by atoms with Crippen LogP contribution in [0.5, 0.6) is 5.75 Å². The van der Waals surface area contributed by atoms with Crippen molar-refractivity contribution in [3.63, 3.8) is 0 Å². The molecule has 0 unspecified atom stereocenters. The molecule has 0 aliphatic rings. The summed E-state index contributed by atoms with van der Waals surface area (Å²) in [6.07, 6.45) is 0.815. The van der Waals surface area contributed by atoms with Crippen LogP contribution in [-0.4, -0.2) is 25.7 Å². The van der Waals surface area contributed by atoms with E-state index in [1.165, 1.54) is 5.56 Å². The van der Waals surface area contributed by atoms with E-state index in [2.05, 4.69) is 31.4 Å². The molecule has 1 aromatic rings. The largest absolute Gasteiger partial charge is 0.494 e. The van der Waals surface area contributed by atoms with E-state index in [9.17, 15) is 4.79 Å². The maximum atomic E-state index is 11.6. The summed E-state index contributed by atoms with van der Waals surface area (Å²) in [6, 6.07) is 7.86. The minimum Gasteiger partial charge on any atom is -0.494 e. The van der Waals surface area contributed by atoms with Crippen LogP contribution in [0, 0.1) is 5.41 Å². The molecule has 4 heteroatoms. The van der Waals surface area contributed by atoms with Gasteiger partial charge < -0.3 is 15.4 Å². The molecule has 1 aromatic carbocycles. The zero-order valence-electron chi connectivity index (χ0n) is 13.0. The number of carbonyl (C=O) groups is 1. The predicted octanol–water partition coefficient (Wildman–Crippen LogP) is 2.97. The van der Waals surface area contributed by atoms with Crippen molar-refractivity contribution in [2.24, 2.45) is 5.41 Å². The highest BCUT2D eigenvalue weighted by atomic mass is 16.5. The lowest BCUT2D eigenvalue weighted by molar-refractivity contribution is 0.235. The third-order valence-corrected chi connectivity index (χ3v) is 2.71. The summed E-state index contributed by atoms with van der Waals surface area (Å²) in [6.45, 7) is 10.2. The summed E-state index contributed by atoms with van der Waals surface area (Å²) in [7, 11) is 0. The quantitative estimate of drug-likeness (QED) is 0.840. The molecule has 0 bridgehead atoms. The first kappa shape index (κ1) is 16.3. The topological polar surface area (TPSA) is 50.4 Å². The first-order valence-corrected chi connectivity index (χ1v) is 7.14. The molecule has 0 radical (unpaired) electrons. The Morgan fingerprint density at radius 3 is 2.35 bits per heavy atom. The first-order chi connectivity index (χ1) is 9.40. The molecule has 0 saturated carbocycles. The van der Waals surface area contributed by atoms with E-state index in [-0.39, 0.29) is 11.4 Å². The lowest BCUT2D eigenvalue weighted by Crippen LogP contribution is -2.40. The summed E-state index contributed by atoms with van der Waals surface area (Å²) in [5, 5.41) is 5.73. The van der Waals surface area contributed by atoms with Crippen LogP contribution in [0.1, 0.15) is 33.3 Å². The third-order valence-electron chi connectivity index (χ3n) is 2.71. The van der Waals surface area contributed by atoms with Crippen molar-refractivity contribution in [2.75, 3.05) is 19.7 Å². The second-order valence-electron chi connectivity index (χ2n) is 6.00. The van der Waals surface area contributed by atoms with Crippen molar-refractivity contribution in [1.82, 2.24) is 10.6 Å². The second-order valence-corrected chi connectivity index (χ2v) is 6.00. The van der Waals surface area contributed by atoms with Crippen molar-refractivity contribution in [3.8, 4) is 5.75 Å². The fraction of sp³-hybridized carbons (Fsp3) is 0.562. The van der Waals surface area contributed by atoms with Gasteiger partial charge in [-0.05, 0) is 36.5 Å². The summed E-state index contributed by atoms with van der Waals surface area (Å²) in [5.41, 5.74) is 1.29. The van der Waals surface area contributed by atoms with Gasteiger partial charge in [0.2, 0.25) is 0 Å². The molecule has 2 amide bonds. The summed E-state index contributed by atoms with van der Waals surface area (Å²) < 4.78 is 5.39. The lowest BCUT2D eigenvalue weighted by Gasteiger charge is -2.18. The van der Waals surface area contributed by atoms with E-state index in [0.29, 0.717) is 19.7 Å². The van der Waals surface area contributed by atoms with E-state index < -0.39 is 0 Å². The SMILES string of the molecule is CCOc1ccc(CCNC(=O)NCC(C)(C)C)cc1. The maximum absolute atomic E-state index is 11.6. The number of urea groups is 1. The van der Waals surface area contributed by atoms with Crippen LogP contribution >= 0.6 is 0 Å². The molecule has 0 atom stereocenters. The summed E-state index contributed by atoms with van der Waals surface area (Å²) in [5.74, 6) is 0.882. The van der Waals surface area contributed by atoms with Crippen LogP contribution < -0.4 is 15.4 Å². The zero-order chi connectivity index (χ0) is 15.0. The van der Waals surface area contributed by atoms with Crippen molar-refractivity contribution < 1.29 is 9.53 Å². The maximum Gasteiger partial charge on any atom is 0.314 e. The van der Waals surface area contributed by atoms with Gasteiger partial charge in [0, 0.05) is 13.1 Å². The third kappa shape index (κ3) is 7.02.